The Kier molecular flexibility index (Phi) is 5.04. The predicted molar refractivity (Wildman–Crippen MR) is 87.1 cm³/mol. The number of nitrogens with one attached hydrogen (secondary N) is 1. The van der Waals surface area contributed by atoms with Gasteiger partial charge in [-0.15, -0.1) is 0 Å². The number of carbonyl (C=O) groups excluding carboxylic acids is 1. The average Bonchev–Trinajstić information content (AvgIpc) is 2.45. The third kappa shape index (κ3) is 4.07. The van der Waals surface area contributed by atoms with Crippen molar-refractivity contribution in [1.82, 2.24) is 5.32 Å². The van der Waals surface area contributed by atoms with Crippen molar-refractivity contribution in [2.75, 3.05) is 6.54 Å². The van der Waals surface area contributed by atoms with Crippen LogP contribution in [-0.4, -0.2) is 18.5 Å². The van der Waals surface area contributed by atoms with Crippen LogP contribution in [0.2, 0.25) is 0 Å². The normalized spacial score (nSPS) is 22.9. The number of amides is 1. The fourth-order valence-electron chi connectivity index (χ4n) is 3.35. The minimum absolute atomic E-state index is 0.0578. The first-order chi connectivity index (χ1) is 9.90. The monoisotopic (exact) mass is 288 g/mol. The number of benzene rings is 1. The molecule has 1 aromatic rings. The van der Waals surface area contributed by atoms with E-state index in [0.29, 0.717) is 6.54 Å². The van der Waals surface area contributed by atoms with E-state index in [2.05, 4.69) is 50.4 Å². The standard InChI is InChI=1S/C18H28N2O/c1-13-7-4-5-10-16(13)18(2,3)12-20-17(21)14-8-6-9-15(19)11-14/h4-5,7,10,14-15H,6,8-9,11-12,19H2,1-3H3,(H,20,21). The van der Waals surface area contributed by atoms with Crippen molar-refractivity contribution >= 4 is 5.91 Å². The predicted octanol–water partition coefficient (Wildman–Crippen LogP) is 2.91. The Morgan fingerprint density at radius 3 is 2.71 bits per heavy atom. The Bertz CT molecular complexity index is 496. The molecule has 2 rings (SSSR count). The molecule has 2 unspecified atom stereocenters. The quantitative estimate of drug-likeness (QED) is 0.895. The summed E-state index contributed by atoms with van der Waals surface area (Å²) in [5, 5.41) is 3.14. The first-order valence-electron chi connectivity index (χ1n) is 7.99. The van der Waals surface area contributed by atoms with Gasteiger partial charge in [0.25, 0.3) is 0 Å². The Morgan fingerprint density at radius 1 is 1.33 bits per heavy atom. The zero-order chi connectivity index (χ0) is 15.5. The zero-order valence-corrected chi connectivity index (χ0v) is 13.5. The van der Waals surface area contributed by atoms with Crippen LogP contribution in [0.15, 0.2) is 24.3 Å². The summed E-state index contributed by atoms with van der Waals surface area (Å²) in [6.07, 6.45) is 3.93. The lowest BCUT2D eigenvalue weighted by molar-refractivity contribution is -0.126. The van der Waals surface area contributed by atoms with Crippen LogP contribution < -0.4 is 11.1 Å². The first-order valence-corrected chi connectivity index (χ1v) is 7.99. The Labute approximate surface area is 128 Å². The van der Waals surface area contributed by atoms with Crippen LogP contribution in [-0.2, 0) is 10.2 Å². The number of aryl methyl sites for hydroxylation is 1. The smallest absolute Gasteiger partial charge is 0.223 e. The van der Waals surface area contributed by atoms with Crippen LogP contribution in [0.4, 0.5) is 0 Å². The molecule has 2 atom stereocenters. The molecule has 0 heterocycles. The van der Waals surface area contributed by atoms with Gasteiger partial charge in [0.05, 0.1) is 0 Å². The summed E-state index contributed by atoms with van der Waals surface area (Å²) >= 11 is 0. The number of hydrogen-bond acceptors (Lipinski definition) is 2. The van der Waals surface area contributed by atoms with Gasteiger partial charge in [-0.3, -0.25) is 4.79 Å². The molecule has 0 aromatic heterocycles. The molecule has 1 fully saturated rings. The first kappa shape index (κ1) is 16.0. The van der Waals surface area contributed by atoms with Crippen LogP contribution in [0.25, 0.3) is 0 Å². The summed E-state index contributed by atoms with van der Waals surface area (Å²) < 4.78 is 0. The van der Waals surface area contributed by atoms with E-state index in [0.717, 1.165) is 25.7 Å². The zero-order valence-electron chi connectivity index (χ0n) is 13.5. The van der Waals surface area contributed by atoms with Crippen molar-refractivity contribution in [1.29, 1.82) is 0 Å². The van der Waals surface area contributed by atoms with Crippen LogP contribution >= 0.6 is 0 Å². The SMILES string of the molecule is Cc1ccccc1C(C)(C)CNC(=O)C1CCCC(N)C1. The molecule has 1 aliphatic carbocycles. The molecule has 1 aliphatic rings. The molecular formula is C18H28N2O. The largest absolute Gasteiger partial charge is 0.355 e. The van der Waals surface area contributed by atoms with Gasteiger partial charge in [-0.05, 0) is 37.3 Å². The van der Waals surface area contributed by atoms with Crippen LogP contribution in [0, 0.1) is 12.8 Å². The highest BCUT2D eigenvalue weighted by Gasteiger charge is 2.28. The molecule has 116 valence electrons. The molecule has 0 spiro atoms. The van der Waals surface area contributed by atoms with E-state index in [1.54, 1.807) is 0 Å². The maximum Gasteiger partial charge on any atom is 0.223 e. The third-order valence-corrected chi connectivity index (χ3v) is 4.66. The summed E-state index contributed by atoms with van der Waals surface area (Å²) in [6.45, 7) is 7.16. The fraction of sp³-hybridized carbons (Fsp3) is 0.611. The maximum atomic E-state index is 12.3. The Balaban J connectivity index is 1.95. The molecule has 1 amide bonds. The summed E-state index contributed by atoms with van der Waals surface area (Å²) in [6, 6.07) is 8.58. The van der Waals surface area contributed by atoms with E-state index >= 15 is 0 Å². The maximum absolute atomic E-state index is 12.3. The van der Waals surface area contributed by atoms with E-state index in [-0.39, 0.29) is 23.3 Å². The van der Waals surface area contributed by atoms with Crippen LogP contribution in [0.1, 0.15) is 50.7 Å². The average molecular weight is 288 g/mol. The summed E-state index contributed by atoms with van der Waals surface area (Å²) in [5.41, 5.74) is 8.49. The van der Waals surface area contributed by atoms with Gasteiger partial charge in [0, 0.05) is 23.9 Å². The van der Waals surface area contributed by atoms with Gasteiger partial charge < -0.3 is 11.1 Å². The molecule has 0 bridgehead atoms. The molecule has 3 heteroatoms. The van der Waals surface area contributed by atoms with Crippen molar-refractivity contribution < 1.29 is 4.79 Å². The second kappa shape index (κ2) is 6.61. The third-order valence-electron chi connectivity index (χ3n) is 4.66. The highest BCUT2D eigenvalue weighted by atomic mass is 16.1. The molecule has 0 saturated heterocycles. The molecular weight excluding hydrogens is 260 g/mol. The lowest BCUT2D eigenvalue weighted by Crippen LogP contribution is -2.42. The number of rotatable bonds is 4. The van der Waals surface area contributed by atoms with Crippen LogP contribution in [0.5, 0.6) is 0 Å². The molecule has 1 aromatic carbocycles. The van der Waals surface area contributed by atoms with Gasteiger partial charge >= 0.3 is 0 Å². The summed E-state index contributed by atoms with van der Waals surface area (Å²) in [4.78, 5) is 12.3. The van der Waals surface area contributed by atoms with Crippen molar-refractivity contribution in [3.8, 4) is 0 Å². The summed E-state index contributed by atoms with van der Waals surface area (Å²) in [5.74, 6) is 0.272. The fourth-order valence-corrected chi connectivity index (χ4v) is 3.35. The van der Waals surface area contributed by atoms with E-state index in [4.69, 9.17) is 5.73 Å². The van der Waals surface area contributed by atoms with Crippen molar-refractivity contribution in [2.24, 2.45) is 11.7 Å². The van der Waals surface area contributed by atoms with E-state index < -0.39 is 0 Å². The van der Waals surface area contributed by atoms with Gasteiger partial charge in [0.15, 0.2) is 0 Å². The molecule has 3 nitrogen and oxygen atoms in total. The number of hydrogen-bond donors (Lipinski definition) is 2. The molecule has 1 saturated carbocycles. The molecule has 0 aliphatic heterocycles. The minimum Gasteiger partial charge on any atom is -0.355 e. The van der Waals surface area contributed by atoms with E-state index in [1.165, 1.54) is 11.1 Å². The van der Waals surface area contributed by atoms with Crippen molar-refractivity contribution in [3.63, 3.8) is 0 Å². The van der Waals surface area contributed by atoms with E-state index in [9.17, 15) is 4.79 Å². The highest BCUT2D eigenvalue weighted by molar-refractivity contribution is 5.78. The van der Waals surface area contributed by atoms with Gasteiger partial charge in [-0.2, -0.15) is 0 Å². The number of nitrogens with two attached hydrogens (primary N) is 1. The van der Waals surface area contributed by atoms with Gasteiger partial charge in [-0.1, -0.05) is 44.5 Å². The Morgan fingerprint density at radius 2 is 2.05 bits per heavy atom. The molecule has 0 radical (unpaired) electrons. The lowest BCUT2D eigenvalue weighted by Gasteiger charge is -2.30. The van der Waals surface area contributed by atoms with Gasteiger partial charge in [0.2, 0.25) is 5.91 Å². The Hall–Kier alpha value is -1.35. The van der Waals surface area contributed by atoms with Gasteiger partial charge in [-0.25, -0.2) is 0 Å². The minimum atomic E-state index is -0.0578. The lowest BCUT2D eigenvalue weighted by atomic mass is 9.81. The van der Waals surface area contributed by atoms with Gasteiger partial charge in [0.1, 0.15) is 0 Å². The molecule has 3 N–H and O–H groups in total. The van der Waals surface area contributed by atoms with E-state index in [1.807, 2.05) is 0 Å². The summed E-state index contributed by atoms with van der Waals surface area (Å²) in [7, 11) is 0. The van der Waals surface area contributed by atoms with Crippen molar-refractivity contribution in [2.45, 2.75) is 57.9 Å². The second-order valence-corrected chi connectivity index (χ2v) is 7.04. The topological polar surface area (TPSA) is 55.1 Å². The second-order valence-electron chi connectivity index (χ2n) is 7.04. The number of carbonyl (C=O) groups is 1. The highest BCUT2D eigenvalue weighted by Crippen LogP contribution is 2.27. The molecule has 21 heavy (non-hydrogen) atoms. The van der Waals surface area contributed by atoms with Crippen molar-refractivity contribution in [3.05, 3.63) is 35.4 Å². The van der Waals surface area contributed by atoms with Crippen LogP contribution in [0.3, 0.4) is 0 Å².